The number of hydrogen-bond acceptors (Lipinski definition) is 4. The fraction of sp³-hybridized carbons (Fsp3) is 0.647. The molecule has 0 bridgehead atoms. The Morgan fingerprint density at radius 3 is 2.92 bits per heavy atom. The van der Waals surface area contributed by atoms with Crippen LogP contribution in [0, 0.1) is 5.92 Å². The minimum atomic E-state index is 0. The molecule has 0 unspecified atom stereocenters. The molecule has 0 aromatic carbocycles. The van der Waals surface area contributed by atoms with Gasteiger partial charge in [-0.15, -0.1) is 24.0 Å². The molecular formula is C17H29IN4OS. The molecule has 0 aliphatic heterocycles. The monoisotopic (exact) mass is 464 g/mol. The third-order valence-corrected chi connectivity index (χ3v) is 4.41. The van der Waals surface area contributed by atoms with Crippen LogP contribution in [0.3, 0.4) is 0 Å². The zero-order chi connectivity index (χ0) is 16.3. The Labute approximate surface area is 166 Å². The number of nitrogens with one attached hydrogen (secondary N) is 2. The first-order chi connectivity index (χ1) is 11.3. The van der Waals surface area contributed by atoms with Crippen molar-refractivity contribution >= 4 is 41.7 Å². The quantitative estimate of drug-likeness (QED) is 0.241. The van der Waals surface area contributed by atoms with Gasteiger partial charge in [0.1, 0.15) is 0 Å². The van der Waals surface area contributed by atoms with Crippen molar-refractivity contribution in [2.24, 2.45) is 10.9 Å². The van der Waals surface area contributed by atoms with Crippen LogP contribution in [0.1, 0.15) is 31.2 Å². The van der Waals surface area contributed by atoms with Crippen LogP contribution in [0.5, 0.6) is 5.88 Å². The molecule has 1 aliphatic rings. The van der Waals surface area contributed by atoms with Crippen LogP contribution in [-0.2, 0) is 6.54 Å². The second-order valence-electron chi connectivity index (χ2n) is 5.81. The van der Waals surface area contributed by atoms with Gasteiger partial charge < -0.3 is 15.4 Å². The molecular weight excluding hydrogens is 435 g/mol. The number of hydrogen-bond donors (Lipinski definition) is 2. The number of nitrogens with zero attached hydrogens (tertiary/aromatic N) is 2. The van der Waals surface area contributed by atoms with Crippen LogP contribution in [0.2, 0.25) is 0 Å². The van der Waals surface area contributed by atoms with E-state index in [1.165, 1.54) is 25.0 Å². The van der Waals surface area contributed by atoms with E-state index >= 15 is 0 Å². The highest BCUT2D eigenvalue weighted by molar-refractivity contribution is 14.0. The number of aromatic nitrogens is 1. The summed E-state index contributed by atoms with van der Waals surface area (Å²) in [5.74, 6) is 3.52. The van der Waals surface area contributed by atoms with Gasteiger partial charge in [0, 0.05) is 32.4 Å². The van der Waals surface area contributed by atoms with Crippen LogP contribution in [0.4, 0.5) is 0 Å². The first kappa shape index (κ1) is 21.3. The van der Waals surface area contributed by atoms with Gasteiger partial charge in [-0.3, -0.25) is 4.99 Å². The zero-order valence-corrected chi connectivity index (χ0v) is 17.7. The third kappa shape index (κ3) is 8.96. The summed E-state index contributed by atoms with van der Waals surface area (Å²) in [6, 6.07) is 4.00. The van der Waals surface area contributed by atoms with Crippen molar-refractivity contribution in [2.75, 3.05) is 32.2 Å². The average molecular weight is 464 g/mol. The highest BCUT2D eigenvalue weighted by Gasteiger charge is 2.22. The maximum atomic E-state index is 5.72. The molecule has 1 saturated carbocycles. The van der Waals surface area contributed by atoms with Crippen molar-refractivity contribution in [1.82, 2.24) is 15.6 Å². The molecule has 24 heavy (non-hydrogen) atoms. The van der Waals surface area contributed by atoms with Crippen LogP contribution in [-0.4, -0.2) is 43.2 Å². The Balaban J connectivity index is 0.00000288. The fourth-order valence-corrected chi connectivity index (χ4v) is 2.60. The summed E-state index contributed by atoms with van der Waals surface area (Å²) in [7, 11) is 1.80. The summed E-state index contributed by atoms with van der Waals surface area (Å²) < 4.78 is 5.72. The molecule has 1 aromatic rings. The van der Waals surface area contributed by atoms with E-state index in [2.05, 4.69) is 26.9 Å². The predicted molar refractivity (Wildman–Crippen MR) is 114 cm³/mol. The normalized spacial score (nSPS) is 14.0. The Bertz CT molecular complexity index is 497. The number of rotatable bonds is 10. The number of halogens is 1. The smallest absolute Gasteiger partial charge is 0.213 e. The lowest BCUT2D eigenvalue weighted by molar-refractivity contribution is 0.288. The van der Waals surface area contributed by atoms with Gasteiger partial charge in [-0.05, 0) is 55.2 Å². The summed E-state index contributed by atoms with van der Waals surface area (Å²) in [6.07, 6.45) is 8.93. The number of ether oxygens (including phenoxy) is 1. The molecule has 1 fully saturated rings. The second kappa shape index (κ2) is 12.6. The molecule has 0 spiro atoms. The first-order valence-corrected chi connectivity index (χ1v) is 9.72. The SMILES string of the molecule is CN=C(NCCCCSC)NCc1ccnc(OCC2CC2)c1.I. The van der Waals surface area contributed by atoms with Crippen LogP contribution in [0.25, 0.3) is 0 Å². The number of pyridine rings is 1. The van der Waals surface area contributed by atoms with Crippen LogP contribution in [0.15, 0.2) is 23.3 Å². The van der Waals surface area contributed by atoms with Gasteiger partial charge in [0.2, 0.25) is 5.88 Å². The van der Waals surface area contributed by atoms with Crippen molar-refractivity contribution < 1.29 is 4.74 Å². The summed E-state index contributed by atoms with van der Waals surface area (Å²) >= 11 is 1.89. The number of thioether (sulfide) groups is 1. The third-order valence-electron chi connectivity index (χ3n) is 3.71. The van der Waals surface area contributed by atoms with E-state index in [1.54, 1.807) is 13.2 Å². The fourth-order valence-electron chi connectivity index (χ4n) is 2.11. The summed E-state index contributed by atoms with van der Waals surface area (Å²) in [6.45, 7) is 2.46. The van der Waals surface area contributed by atoms with E-state index in [4.69, 9.17) is 4.74 Å². The number of guanidine groups is 1. The Kier molecular flexibility index (Phi) is 11.2. The van der Waals surface area contributed by atoms with E-state index < -0.39 is 0 Å². The molecule has 1 aromatic heterocycles. The van der Waals surface area contributed by atoms with Gasteiger partial charge in [0.15, 0.2) is 5.96 Å². The maximum absolute atomic E-state index is 5.72. The Hall–Kier alpha value is -0.700. The Morgan fingerprint density at radius 2 is 2.21 bits per heavy atom. The average Bonchev–Trinajstić information content (AvgIpc) is 3.40. The molecule has 0 atom stereocenters. The first-order valence-electron chi connectivity index (χ1n) is 8.33. The maximum Gasteiger partial charge on any atom is 0.213 e. The lowest BCUT2D eigenvalue weighted by Crippen LogP contribution is -2.37. The lowest BCUT2D eigenvalue weighted by Gasteiger charge is -2.12. The van der Waals surface area contributed by atoms with Crippen LogP contribution < -0.4 is 15.4 Å². The molecule has 0 amide bonds. The van der Waals surface area contributed by atoms with Crippen molar-refractivity contribution in [1.29, 1.82) is 0 Å². The molecule has 1 aliphatic carbocycles. The number of unbranched alkanes of at least 4 members (excludes halogenated alkanes) is 1. The molecule has 1 heterocycles. The minimum absolute atomic E-state index is 0. The van der Waals surface area contributed by atoms with E-state index in [1.807, 2.05) is 23.9 Å². The zero-order valence-electron chi connectivity index (χ0n) is 14.6. The topological polar surface area (TPSA) is 58.5 Å². The summed E-state index contributed by atoms with van der Waals surface area (Å²) in [5, 5.41) is 6.68. The van der Waals surface area contributed by atoms with Gasteiger partial charge in [-0.1, -0.05) is 0 Å². The van der Waals surface area contributed by atoms with Gasteiger partial charge in [0.05, 0.1) is 6.61 Å². The van der Waals surface area contributed by atoms with Gasteiger partial charge in [-0.25, -0.2) is 4.98 Å². The van der Waals surface area contributed by atoms with Gasteiger partial charge >= 0.3 is 0 Å². The number of aliphatic imine (C=N–C) groups is 1. The van der Waals surface area contributed by atoms with Crippen LogP contribution >= 0.6 is 35.7 Å². The summed E-state index contributed by atoms with van der Waals surface area (Å²) in [5.41, 5.74) is 1.15. The highest BCUT2D eigenvalue weighted by atomic mass is 127. The van der Waals surface area contributed by atoms with Crippen molar-refractivity contribution in [3.8, 4) is 5.88 Å². The second-order valence-corrected chi connectivity index (χ2v) is 6.79. The van der Waals surface area contributed by atoms with Gasteiger partial charge in [0.25, 0.3) is 0 Å². The molecule has 5 nitrogen and oxygen atoms in total. The van der Waals surface area contributed by atoms with Gasteiger partial charge in [-0.2, -0.15) is 11.8 Å². The molecule has 7 heteroatoms. The van der Waals surface area contributed by atoms with E-state index in [0.717, 1.165) is 42.9 Å². The van der Waals surface area contributed by atoms with E-state index in [0.29, 0.717) is 6.54 Å². The standard InChI is InChI=1S/C17H28N4OS.HI/c1-18-17(20-8-3-4-10-23-2)21-12-15-7-9-19-16(11-15)22-13-14-5-6-14;/h7,9,11,14H,3-6,8,10,12-13H2,1-2H3,(H2,18,20,21);1H. The largest absolute Gasteiger partial charge is 0.477 e. The Morgan fingerprint density at radius 1 is 1.38 bits per heavy atom. The highest BCUT2D eigenvalue weighted by Crippen LogP contribution is 2.29. The van der Waals surface area contributed by atoms with Crippen molar-refractivity contribution in [3.63, 3.8) is 0 Å². The molecule has 0 radical (unpaired) electrons. The molecule has 136 valence electrons. The van der Waals surface area contributed by atoms with Crippen molar-refractivity contribution in [2.45, 2.75) is 32.2 Å². The summed E-state index contributed by atoms with van der Waals surface area (Å²) in [4.78, 5) is 8.52. The van der Waals surface area contributed by atoms with E-state index in [9.17, 15) is 0 Å². The minimum Gasteiger partial charge on any atom is -0.477 e. The molecule has 0 saturated heterocycles. The van der Waals surface area contributed by atoms with E-state index in [-0.39, 0.29) is 24.0 Å². The van der Waals surface area contributed by atoms with Crippen molar-refractivity contribution in [3.05, 3.63) is 23.9 Å². The molecule has 2 rings (SSSR count). The predicted octanol–water partition coefficient (Wildman–Crippen LogP) is 3.30. The lowest BCUT2D eigenvalue weighted by atomic mass is 10.2. The molecule has 2 N–H and O–H groups in total.